The average molecular weight is 311 g/mol. The van der Waals surface area contributed by atoms with Gasteiger partial charge >= 0.3 is 18.0 Å². The number of hydrogen-bond acceptors (Lipinski definition) is 7. The van der Waals surface area contributed by atoms with Crippen LogP contribution in [0.5, 0.6) is 12.0 Å². The van der Waals surface area contributed by atoms with E-state index in [9.17, 15) is 9.18 Å². The molecule has 21 heavy (non-hydrogen) atoms. The van der Waals surface area contributed by atoms with Crippen molar-refractivity contribution in [2.24, 2.45) is 0 Å². The van der Waals surface area contributed by atoms with E-state index in [1.807, 2.05) is 0 Å². The first-order valence-corrected chi connectivity index (χ1v) is 6.40. The predicted molar refractivity (Wildman–Crippen MR) is 70.4 cm³/mol. The van der Waals surface area contributed by atoms with E-state index in [4.69, 9.17) is 14.6 Å². The van der Waals surface area contributed by atoms with Crippen molar-refractivity contribution in [2.75, 3.05) is 14.2 Å². The standard InChI is InChI=1S/C12H10FN3O4S/c1-19-10-14-11(20-2)16-12(15-10)21-6-3-4-8(13)7(5-6)9(17)18/h3-5H,1-2H3,(H,17,18). The molecule has 0 saturated carbocycles. The van der Waals surface area contributed by atoms with Gasteiger partial charge < -0.3 is 14.6 Å². The van der Waals surface area contributed by atoms with E-state index >= 15 is 0 Å². The third-order valence-corrected chi connectivity index (χ3v) is 3.17. The molecular weight excluding hydrogens is 301 g/mol. The molecule has 0 bridgehead atoms. The Morgan fingerprint density at radius 1 is 1.19 bits per heavy atom. The zero-order valence-corrected chi connectivity index (χ0v) is 11.8. The van der Waals surface area contributed by atoms with Gasteiger partial charge in [-0.2, -0.15) is 9.97 Å². The fraction of sp³-hybridized carbons (Fsp3) is 0.167. The number of hydrogen-bond donors (Lipinski definition) is 1. The lowest BCUT2D eigenvalue weighted by Crippen LogP contribution is -2.01. The summed E-state index contributed by atoms with van der Waals surface area (Å²) >= 11 is 1.03. The molecule has 2 rings (SSSR count). The second kappa shape index (κ2) is 6.35. The van der Waals surface area contributed by atoms with E-state index in [1.54, 1.807) is 0 Å². The first-order chi connectivity index (χ1) is 10.0. The van der Waals surface area contributed by atoms with Crippen LogP contribution in [0.3, 0.4) is 0 Å². The number of carboxylic acids is 1. The number of nitrogens with zero attached hydrogens (tertiary/aromatic N) is 3. The molecule has 0 amide bonds. The van der Waals surface area contributed by atoms with Crippen molar-refractivity contribution in [3.63, 3.8) is 0 Å². The molecule has 0 aliphatic heterocycles. The van der Waals surface area contributed by atoms with Gasteiger partial charge in [0.15, 0.2) is 0 Å². The van der Waals surface area contributed by atoms with Crippen LogP contribution in [0.15, 0.2) is 28.3 Å². The summed E-state index contributed by atoms with van der Waals surface area (Å²) < 4.78 is 23.1. The first kappa shape index (κ1) is 15.0. The summed E-state index contributed by atoms with van der Waals surface area (Å²) in [7, 11) is 2.79. The first-order valence-electron chi connectivity index (χ1n) is 5.58. The van der Waals surface area contributed by atoms with Crippen LogP contribution in [0.4, 0.5) is 4.39 Å². The smallest absolute Gasteiger partial charge is 0.338 e. The van der Waals surface area contributed by atoms with Crippen molar-refractivity contribution in [2.45, 2.75) is 10.1 Å². The van der Waals surface area contributed by atoms with Crippen molar-refractivity contribution >= 4 is 17.7 Å². The maximum absolute atomic E-state index is 13.3. The van der Waals surface area contributed by atoms with Crippen molar-refractivity contribution in [3.8, 4) is 12.0 Å². The van der Waals surface area contributed by atoms with Crippen LogP contribution in [-0.2, 0) is 0 Å². The van der Waals surface area contributed by atoms with Gasteiger partial charge in [-0.3, -0.25) is 0 Å². The molecule has 1 N–H and O–H groups in total. The average Bonchev–Trinajstić information content (AvgIpc) is 2.48. The summed E-state index contributed by atoms with van der Waals surface area (Å²) in [5.41, 5.74) is -0.423. The van der Waals surface area contributed by atoms with Gasteiger partial charge in [0.25, 0.3) is 0 Å². The molecule has 7 nitrogen and oxygen atoms in total. The normalized spacial score (nSPS) is 10.2. The minimum atomic E-state index is -1.35. The fourth-order valence-electron chi connectivity index (χ4n) is 1.39. The molecule has 0 saturated heterocycles. The highest BCUT2D eigenvalue weighted by Gasteiger charge is 2.13. The number of aromatic carboxylic acids is 1. The molecule has 1 aromatic carbocycles. The highest BCUT2D eigenvalue weighted by atomic mass is 32.2. The van der Waals surface area contributed by atoms with E-state index < -0.39 is 17.3 Å². The number of methoxy groups -OCH3 is 2. The predicted octanol–water partition coefficient (Wildman–Crippen LogP) is 1.88. The van der Waals surface area contributed by atoms with E-state index in [2.05, 4.69) is 15.0 Å². The summed E-state index contributed by atoms with van der Waals surface area (Å²) in [4.78, 5) is 23.2. The molecule has 9 heteroatoms. The van der Waals surface area contributed by atoms with E-state index in [0.29, 0.717) is 4.90 Å². The quantitative estimate of drug-likeness (QED) is 0.894. The Morgan fingerprint density at radius 3 is 2.33 bits per heavy atom. The zero-order valence-electron chi connectivity index (χ0n) is 11.0. The van der Waals surface area contributed by atoms with Gasteiger partial charge in [-0.05, 0) is 30.0 Å². The molecule has 1 aromatic heterocycles. The maximum Gasteiger partial charge on any atom is 0.338 e. The Hall–Kier alpha value is -2.42. The Labute approximate surface area is 123 Å². The summed E-state index contributed by atoms with van der Waals surface area (Å²) in [6.07, 6.45) is 0. The van der Waals surface area contributed by atoms with E-state index in [0.717, 1.165) is 17.8 Å². The molecule has 0 spiro atoms. The Morgan fingerprint density at radius 2 is 1.81 bits per heavy atom. The SMILES string of the molecule is COc1nc(OC)nc(Sc2ccc(F)c(C(=O)O)c2)n1. The summed E-state index contributed by atoms with van der Waals surface area (Å²) in [5, 5.41) is 9.13. The van der Waals surface area contributed by atoms with Crippen LogP contribution in [0.25, 0.3) is 0 Å². The summed E-state index contributed by atoms with van der Waals surface area (Å²) in [6, 6.07) is 3.82. The van der Waals surface area contributed by atoms with E-state index in [1.165, 1.54) is 26.4 Å². The van der Waals surface area contributed by atoms with Crippen LogP contribution in [0.1, 0.15) is 10.4 Å². The number of benzene rings is 1. The second-order valence-corrected chi connectivity index (χ2v) is 4.68. The Balaban J connectivity index is 2.33. The number of ether oxygens (including phenoxy) is 2. The monoisotopic (exact) mass is 311 g/mol. The van der Waals surface area contributed by atoms with Crippen molar-refractivity contribution in [1.82, 2.24) is 15.0 Å². The molecule has 0 fully saturated rings. The van der Waals surface area contributed by atoms with Gasteiger partial charge in [-0.15, -0.1) is 4.98 Å². The highest BCUT2D eigenvalue weighted by Crippen LogP contribution is 2.28. The molecule has 0 unspecified atom stereocenters. The lowest BCUT2D eigenvalue weighted by molar-refractivity contribution is 0.0691. The van der Waals surface area contributed by atoms with Crippen LogP contribution >= 0.6 is 11.8 Å². The van der Waals surface area contributed by atoms with Gasteiger partial charge in [-0.25, -0.2) is 9.18 Å². The lowest BCUT2D eigenvalue weighted by atomic mass is 10.2. The molecule has 0 radical (unpaired) electrons. The molecule has 0 aliphatic carbocycles. The number of rotatable bonds is 5. The van der Waals surface area contributed by atoms with Crippen LogP contribution in [0, 0.1) is 5.82 Å². The minimum absolute atomic E-state index is 0.0601. The topological polar surface area (TPSA) is 94.4 Å². The summed E-state index contributed by atoms with van der Waals surface area (Å²) in [5.74, 6) is -2.15. The molecule has 0 aliphatic rings. The Bertz CT molecular complexity index is 661. The van der Waals surface area contributed by atoms with Gasteiger partial charge in [0.2, 0.25) is 5.16 Å². The molecular formula is C12H10FN3O4S. The number of carboxylic acid groups (broad SMARTS) is 1. The largest absolute Gasteiger partial charge is 0.478 e. The van der Waals surface area contributed by atoms with Crippen LogP contribution in [0.2, 0.25) is 0 Å². The van der Waals surface area contributed by atoms with Gasteiger partial charge in [0, 0.05) is 4.90 Å². The second-order valence-electron chi connectivity index (χ2n) is 3.64. The number of aromatic nitrogens is 3. The maximum atomic E-state index is 13.3. The number of halogens is 1. The van der Waals surface area contributed by atoms with Crippen molar-refractivity contribution in [3.05, 3.63) is 29.6 Å². The third-order valence-electron chi connectivity index (χ3n) is 2.32. The van der Waals surface area contributed by atoms with Gasteiger partial charge in [0.05, 0.1) is 19.8 Å². The Kier molecular flexibility index (Phi) is 4.53. The fourth-order valence-corrected chi connectivity index (χ4v) is 2.16. The van der Waals surface area contributed by atoms with Crippen molar-refractivity contribution < 1.29 is 23.8 Å². The molecule has 1 heterocycles. The van der Waals surface area contributed by atoms with Gasteiger partial charge in [-0.1, -0.05) is 0 Å². The summed E-state index contributed by atoms with van der Waals surface area (Å²) in [6.45, 7) is 0. The zero-order chi connectivity index (χ0) is 15.4. The lowest BCUT2D eigenvalue weighted by Gasteiger charge is -2.05. The minimum Gasteiger partial charge on any atom is -0.478 e. The van der Waals surface area contributed by atoms with Crippen LogP contribution in [-0.4, -0.2) is 40.2 Å². The van der Waals surface area contributed by atoms with Gasteiger partial charge in [0.1, 0.15) is 5.82 Å². The van der Waals surface area contributed by atoms with Crippen molar-refractivity contribution in [1.29, 1.82) is 0 Å². The molecule has 110 valence electrons. The molecule has 2 aromatic rings. The van der Waals surface area contributed by atoms with E-state index in [-0.39, 0.29) is 17.2 Å². The molecule has 0 atom stereocenters. The number of carbonyl (C=O) groups is 1. The van der Waals surface area contributed by atoms with Crippen LogP contribution < -0.4 is 9.47 Å². The third kappa shape index (κ3) is 3.57. The highest BCUT2D eigenvalue weighted by molar-refractivity contribution is 7.99.